The molecule has 4 heteroatoms. The van der Waals surface area contributed by atoms with Crippen molar-refractivity contribution in [2.75, 3.05) is 19.8 Å². The van der Waals surface area contributed by atoms with Crippen molar-refractivity contribution in [2.24, 2.45) is 5.92 Å². The molecule has 0 aliphatic heterocycles. The molecule has 0 spiro atoms. The Morgan fingerprint density at radius 3 is 2.47 bits per heavy atom. The zero-order chi connectivity index (χ0) is 14.5. The van der Waals surface area contributed by atoms with E-state index in [1.165, 1.54) is 19.3 Å². The lowest BCUT2D eigenvalue weighted by Gasteiger charge is -2.17. The first-order chi connectivity index (χ1) is 9.15. The van der Waals surface area contributed by atoms with Crippen LogP contribution in [0.2, 0.25) is 0 Å². The fourth-order valence-corrected chi connectivity index (χ4v) is 1.98. The number of carbonyl (C=O) groups is 1. The first-order valence-corrected chi connectivity index (χ1v) is 7.69. The zero-order valence-corrected chi connectivity index (χ0v) is 12.8. The molecule has 2 N–H and O–H groups in total. The number of aliphatic carboxylic acids is 1. The maximum absolute atomic E-state index is 11.0. The van der Waals surface area contributed by atoms with Gasteiger partial charge in [-0.05, 0) is 31.7 Å². The van der Waals surface area contributed by atoms with E-state index in [0.29, 0.717) is 18.9 Å². The maximum Gasteiger partial charge on any atom is 0.320 e. The Balaban J connectivity index is 3.76. The van der Waals surface area contributed by atoms with Crippen molar-refractivity contribution in [1.29, 1.82) is 0 Å². The lowest BCUT2D eigenvalue weighted by atomic mass is 10.0. The molecule has 4 nitrogen and oxygen atoms in total. The maximum atomic E-state index is 11.0. The minimum Gasteiger partial charge on any atom is -0.480 e. The Kier molecular flexibility index (Phi) is 12.0. The molecule has 0 aliphatic carbocycles. The SMILES string of the molecule is CCCCC(CC)COCCC(NCCC)C(=O)O. The van der Waals surface area contributed by atoms with E-state index in [4.69, 9.17) is 9.84 Å². The highest BCUT2D eigenvalue weighted by Gasteiger charge is 2.16. The quantitative estimate of drug-likeness (QED) is 0.506. The van der Waals surface area contributed by atoms with E-state index in [-0.39, 0.29) is 0 Å². The molecular formula is C15H31NO3. The van der Waals surface area contributed by atoms with Gasteiger partial charge in [0.2, 0.25) is 0 Å². The van der Waals surface area contributed by atoms with Crippen LogP contribution in [0, 0.1) is 5.92 Å². The average molecular weight is 273 g/mol. The Hall–Kier alpha value is -0.610. The predicted molar refractivity (Wildman–Crippen MR) is 78.5 cm³/mol. The molecule has 0 radical (unpaired) electrons. The molecule has 0 bridgehead atoms. The molecule has 0 aromatic carbocycles. The highest BCUT2D eigenvalue weighted by atomic mass is 16.5. The molecule has 2 atom stereocenters. The van der Waals surface area contributed by atoms with E-state index in [9.17, 15) is 4.79 Å². The molecule has 0 fully saturated rings. The standard InChI is InChI=1S/C15H31NO3/c1-4-7-8-13(6-3)12-19-11-9-14(15(17)18)16-10-5-2/h13-14,16H,4-12H2,1-3H3,(H,17,18). The molecule has 0 saturated heterocycles. The van der Waals surface area contributed by atoms with E-state index in [1.54, 1.807) is 0 Å². The molecule has 19 heavy (non-hydrogen) atoms. The van der Waals surface area contributed by atoms with Crippen molar-refractivity contribution < 1.29 is 14.6 Å². The molecule has 0 aliphatic rings. The van der Waals surface area contributed by atoms with Crippen LogP contribution in [0.1, 0.15) is 59.3 Å². The van der Waals surface area contributed by atoms with Crippen LogP contribution in [0.15, 0.2) is 0 Å². The summed E-state index contributed by atoms with van der Waals surface area (Å²) >= 11 is 0. The molecule has 0 saturated carbocycles. The topological polar surface area (TPSA) is 58.6 Å². The minimum atomic E-state index is -0.782. The van der Waals surface area contributed by atoms with Gasteiger partial charge in [0.05, 0.1) is 0 Å². The van der Waals surface area contributed by atoms with Crippen LogP contribution in [0.4, 0.5) is 0 Å². The normalized spacial score (nSPS) is 14.3. The molecule has 114 valence electrons. The molecule has 0 aromatic rings. The van der Waals surface area contributed by atoms with Gasteiger partial charge in [0.1, 0.15) is 6.04 Å². The second kappa shape index (κ2) is 12.4. The van der Waals surface area contributed by atoms with Crippen molar-refractivity contribution >= 4 is 5.97 Å². The van der Waals surface area contributed by atoms with Crippen molar-refractivity contribution in [3.05, 3.63) is 0 Å². The number of unbranched alkanes of at least 4 members (excludes halogenated alkanes) is 1. The van der Waals surface area contributed by atoms with Crippen LogP contribution in [0.25, 0.3) is 0 Å². The molecule has 2 unspecified atom stereocenters. The van der Waals surface area contributed by atoms with Gasteiger partial charge in [-0.15, -0.1) is 0 Å². The largest absolute Gasteiger partial charge is 0.480 e. The number of ether oxygens (including phenoxy) is 1. The number of nitrogens with one attached hydrogen (secondary N) is 1. The smallest absolute Gasteiger partial charge is 0.320 e. The molecule has 0 rings (SSSR count). The van der Waals surface area contributed by atoms with Gasteiger partial charge in [-0.2, -0.15) is 0 Å². The third-order valence-electron chi connectivity index (χ3n) is 3.39. The van der Waals surface area contributed by atoms with Crippen molar-refractivity contribution in [1.82, 2.24) is 5.32 Å². The Bertz CT molecular complexity index is 221. The minimum absolute atomic E-state index is 0.476. The Morgan fingerprint density at radius 1 is 1.21 bits per heavy atom. The van der Waals surface area contributed by atoms with E-state index in [1.807, 2.05) is 6.92 Å². The Morgan fingerprint density at radius 2 is 1.95 bits per heavy atom. The highest BCUT2D eigenvalue weighted by molar-refractivity contribution is 5.73. The summed E-state index contributed by atoms with van der Waals surface area (Å²) in [7, 11) is 0. The molecular weight excluding hydrogens is 242 g/mol. The first-order valence-electron chi connectivity index (χ1n) is 7.69. The highest BCUT2D eigenvalue weighted by Crippen LogP contribution is 2.13. The number of carboxylic acid groups (broad SMARTS) is 1. The van der Waals surface area contributed by atoms with Crippen LogP contribution in [-0.4, -0.2) is 36.9 Å². The fraction of sp³-hybridized carbons (Fsp3) is 0.933. The fourth-order valence-electron chi connectivity index (χ4n) is 1.98. The number of hydrogen-bond acceptors (Lipinski definition) is 3. The number of carboxylic acids is 1. The van der Waals surface area contributed by atoms with E-state index < -0.39 is 12.0 Å². The van der Waals surface area contributed by atoms with Crippen LogP contribution < -0.4 is 5.32 Å². The van der Waals surface area contributed by atoms with Crippen LogP contribution >= 0.6 is 0 Å². The van der Waals surface area contributed by atoms with E-state index in [2.05, 4.69) is 19.2 Å². The summed E-state index contributed by atoms with van der Waals surface area (Å²) in [5.41, 5.74) is 0. The van der Waals surface area contributed by atoms with Gasteiger partial charge in [-0.3, -0.25) is 4.79 Å². The van der Waals surface area contributed by atoms with Crippen molar-refractivity contribution in [3.63, 3.8) is 0 Å². The van der Waals surface area contributed by atoms with Crippen LogP contribution in [0.3, 0.4) is 0 Å². The van der Waals surface area contributed by atoms with E-state index >= 15 is 0 Å². The van der Waals surface area contributed by atoms with Gasteiger partial charge in [0.15, 0.2) is 0 Å². The van der Waals surface area contributed by atoms with Gasteiger partial charge in [0, 0.05) is 13.2 Å². The van der Waals surface area contributed by atoms with Crippen molar-refractivity contribution in [3.8, 4) is 0 Å². The lowest BCUT2D eigenvalue weighted by molar-refractivity contribution is -0.140. The van der Waals surface area contributed by atoms with Crippen LogP contribution in [-0.2, 0) is 9.53 Å². The predicted octanol–water partition coefficient (Wildman–Crippen LogP) is 3.06. The second-order valence-corrected chi connectivity index (χ2v) is 5.13. The van der Waals surface area contributed by atoms with Gasteiger partial charge >= 0.3 is 5.97 Å². The van der Waals surface area contributed by atoms with Crippen LogP contribution in [0.5, 0.6) is 0 Å². The van der Waals surface area contributed by atoms with Crippen molar-refractivity contribution in [2.45, 2.75) is 65.3 Å². The molecule has 0 amide bonds. The number of hydrogen-bond donors (Lipinski definition) is 2. The van der Waals surface area contributed by atoms with Gasteiger partial charge in [-0.25, -0.2) is 0 Å². The average Bonchev–Trinajstić information content (AvgIpc) is 2.40. The second-order valence-electron chi connectivity index (χ2n) is 5.13. The van der Waals surface area contributed by atoms with Gasteiger partial charge in [-0.1, -0.05) is 40.0 Å². The van der Waals surface area contributed by atoms with Gasteiger partial charge < -0.3 is 15.2 Å². The molecule has 0 aromatic heterocycles. The molecule has 0 heterocycles. The monoisotopic (exact) mass is 273 g/mol. The van der Waals surface area contributed by atoms with E-state index in [0.717, 1.165) is 26.0 Å². The number of rotatable bonds is 13. The zero-order valence-electron chi connectivity index (χ0n) is 12.8. The first kappa shape index (κ1) is 18.4. The summed E-state index contributed by atoms with van der Waals surface area (Å²) in [6.45, 7) is 8.44. The summed E-state index contributed by atoms with van der Waals surface area (Å²) in [5.74, 6) is -0.165. The summed E-state index contributed by atoms with van der Waals surface area (Å²) in [6.07, 6.45) is 6.30. The third kappa shape index (κ3) is 9.91. The van der Waals surface area contributed by atoms with Gasteiger partial charge in [0.25, 0.3) is 0 Å². The summed E-state index contributed by atoms with van der Waals surface area (Å²) < 4.78 is 5.64. The summed E-state index contributed by atoms with van der Waals surface area (Å²) in [5, 5.41) is 12.1. The Labute approximate surface area is 117 Å². The lowest BCUT2D eigenvalue weighted by Crippen LogP contribution is -2.38. The summed E-state index contributed by atoms with van der Waals surface area (Å²) in [4.78, 5) is 11.0. The third-order valence-corrected chi connectivity index (χ3v) is 3.39. The summed E-state index contributed by atoms with van der Waals surface area (Å²) in [6, 6.07) is -0.476.